The molecule has 0 aliphatic carbocycles. The lowest BCUT2D eigenvalue weighted by molar-refractivity contribution is -0.752. The van der Waals surface area contributed by atoms with E-state index in [4.69, 9.17) is 4.42 Å². The van der Waals surface area contributed by atoms with Crippen molar-refractivity contribution in [3.05, 3.63) is 121 Å². The van der Waals surface area contributed by atoms with Crippen molar-refractivity contribution in [2.75, 3.05) is 0 Å². The fourth-order valence-electron chi connectivity index (χ4n) is 7.45. The highest BCUT2D eigenvalue weighted by molar-refractivity contribution is 6.12. The van der Waals surface area contributed by atoms with Gasteiger partial charge in [-0.3, -0.25) is 15.2 Å². The van der Waals surface area contributed by atoms with E-state index in [-0.39, 0.29) is 6.17 Å². The third-order valence-corrected chi connectivity index (χ3v) is 9.23. The van der Waals surface area contributed by atoms with E-state index in [2.05, 4.69) is 118 Å². The number of benzene rings is 6. The molecule has 2 aromatic heterocycles. The fraction of sp³-hybridized carbons (Fsp3) is 0.0556. The molecule has 0 radical (unpaired) electrons. The van der Waals surface area contributed by atoms with Crippen LogP contribution in [0.1, 0.15) is 17.8 Å². The second kappa shape index (κ2) is 7.39. The summed E-state index contributed by atoms with van der Waals surface area (Å²) in [5, 5.41) is 12.6. The highest BCUT2D eigenvalue weighted by atomic mass is 16.3. The highest BCUT2D eigenvalue weighted by Crippen LogP contribution is 2.46. The minimum atomic E-state index is 0.265. The van der Waals surface area contributed by atoms with Gasteiger partial charge >= 0.3 is 0 Å². The fourth-order valence-corrected chi connectivity index (χ4v) is 7.45. The Hall–Kier alpha value is -4.90. The average Bonchev–Trinajstić information content (AvgIpc) is 3.64. The highest BCUT2D eigenvalue weighted by Gasteiger charge is 2.46. The smallest absolute Gasteiger partial charge is 0.228 e. The second-order valence-electron chi connectivity index (χ2n) is 11.3. The van der Waals surface area contributed by atoms with E-state index in [9.17, 15) is 0 Å². The minimum Gasteiger partial charge on any atom is -0.456 e. The summed E-state index contributed by atoms with van der Waals surface area (Å²) >= 11 is 0. The first-order valence-electron chi connectivity index (χ1n) is 14.0. The number of quaternary nitrogens is 2. The van der Waals surface area contributed by atoms with Gasteiger partial charge in [0.1, 0.15) is 11.2 Å². The molecule has 2 aliphatic rings. The molecular weight excluding hydrogens is 490 g/mol. The topological polar surface area (TPSA) is 51.3 Å². The molecule has 0 amide bonds. The number of aromatic nitrogens is 1. The van der Waals surface area contributed by atoms with Crippen molar-refractivity contribution in [2.45, 2.75) is 12.2 Å². The van der Waals surface area contributed by atoms with Crippen LogP contribution in [0.5, 0.6) is 0 Å². The summed E-state index contributed by atoms with van der Waals surface area (Å²) in [6.07, 6.45) is 0.265. The predicted molar refractivity (Wildman–Crippen MR) is 161 cm³/mol. The number of nitrogens with zero attached hydrogens (tertiary/aromatic N) is 1. The van der Waals surface area contributed by atoms with E-state index >= 15 is 0 Å². The first kappa shape index (κ1) is 21.0. The van der Waals surface area contributed by atoms with Gasteiger partial charge in [0, 0.05) is 39.2 Å². The van der Waals surface area contributed by atoms with Crippen molar-refractivity contribution >= 4 is 65.9 Å². The van der Waals surface area contributed by atoms with Crippen molar-refractivity contribution < 1.29 is 15.1 Å². The van der Waals surface area contributed by atoms with Crippen LogP contribution >= 0.6 is 0 Å². The zero-order valence-electron chi connectivity index (χ0n) is 21.6. The number of nitrogens with two attached hydrogens (primary N) is 2. The molecule has 0 spiro atoms. The van der Waals surface area contributed by atoms with Crippen molar-refractivity contribution in [3.8, 4) is 11.1 Å². The molecule has 4 nitrogen and oxygen atoms in total. The number of hydrogen-bond acceptors (Lipinski definition) is 1. The Bertz CT molecular complexity index is 2360. The molecule has 188 valence electrons. The maximum atomic E-state index is 6.13. The second-order valence-corrected chi connectivity index (χ2v) is 11.3. The number of rotatable bonds is 1. The predicted octanol–water partition coefficient (Wildman–Crippen LogP) is 7.17. The normalized spacial score (nSPS) is 17.8. The maximum Gasteiger partial charge on any atom is 0.228 e. The van der Waals surface area contributed by atoms with Crippen LogP contribution in [0.25, 0.3) is 65.6 Å². The first-order chi connectivity index (χ1) is 19.8. The molecule has 0 saturated carbocycles. The molecular formula is C36H25N3O+2. The molecule has 4 heterocycles. The van der Waals surface area contributed by atoms with Gasteiger partial charge in [0.25, 0.3) is 0 Å². The van der Waals surface area contributed by atoms with Gasteiger partial charge in [-0.15, -0.1) is 0 Å². The molecule has 40 heavy (non-hydrogen) atoms. The van der Waals surface area contributed by atoms with Gasteiger partial charge in [-0.05, 0) is 58.3 Å². The van der Waals surface area contributed by atoms with Crippen molar-refractivity contribution in [2.24, 2.45) is 0 Å². The van der Waals surface area contributed by atoms with Gasteiger partial charge in [0.2, 0.25) is 6.17 Å². The summed E-state index contributed by atoms with van der Waals surface area (Å²) in [5.74, 6) is 0. The standard InChI is InChI=1S/C36H23N3O/c1-2-8-21-19-30-29(18-20(21)7-1)37-34-28-17-23(22-13-14-33-26(15-22)25-10-4-6-12-32(25)40-33)16-27-24-9-3-5-11-31(24)39(35(27)28)36(34)38-30/h1-19,34,36-38H/p+2. The molecule has 2 aliphatic heterocycles. The van der Waals surface area contributed by atoms with Gasteiger partial charge < -0.3 is 4.42 Å². The van der Waals surface area contributed by atoms with Crippen molar-refractivity contribution in [1.29, 1.82) is 0 Å². The zero-order chi connectivity index (χ0) is 25.9. The van der Waals surface area contributed by atoms with Crippen LogP contribution in [0.3, 0.4) is 0 Å². The van der Waals surface area contributed by atoms with Gasteiger partial charge in [-0.1, -0.05) is 66.7 Å². The summed E-state index contributed by atoms with van der Waals surface area (Å²) in [7, 11) is 0. The number of hydrogen-bond donors (Lipinski definition) is 2. The zero-order valence-corrected chi connectivity index (χ0v) is 21.6. The lowest BCUT2D eigenvalue weighted by Crippen LogP contribution is -2.96. The van der Waals surface area contributed by atoms with Gasteiger partial charge in [-0.25, -0.2) is 0 Å². The summed E-state index contributed by atoms with van der Waals surface area (Å²) in [4.78, 5) is 0. The largest absolute Gasteiger partial charge is 0.456 e. The molecule has 4 N–H and O–H groups in total. The van der Waals surface area contributed by atoms with E-state index < -0.39 is 0 Å². The summed E-state index contributed by atoms with van der Waals surface area (Å²) < 4.78 is 8.73. The monoisotopic (exact) mass is 515 g/mol. The molecule has 0 bridgehead atoms. The van der Waals surface area contributed by atoms with E-state index in [1.165, 1.54) is 71.4 Å². The van der Waals surface area contributed by atoms with Crippen LogP contribution in [-0.4, -0.2) is 4.57 Å². The molecule has 6 aromatic carbocycles. The van der Waals surface area contributed by atoms with Crippen LogP contribution in [0.2, 0.25) is 0 Å². The van der Waals surface area contributed by atoms with E-state index in [0.717, 1.165) is 11.2 Å². The van der Waals surface area contributed by atoms with E-state index in [1.54, 1.807) is 0 Å². The average molecular weight is 516 g/mol. The lowest BCUT2D eigenvalue weighted by atomic mass is 9.94. The Morgan fingerprint density at radius 2 is 1.25 bits per heavy atom. The van der Waals surface area contributed by atoms with Crippen LogP contribution < -0.4 is 10.6 Å². The number of fused-ring (bicyclic) bond motifs is 11. The molecule has 2 atom stereocenters. The van der Waals surface area contributed by atoms with Crippen LogP contribution in [-0.2, 0) is 0 Å². The minimum absolute atomic E-state index is 0.265. The van der Waals surface area contributed by atoms with Gasteiger partial charge in [0.15, 0.2) is 17.4 Å². The van der Waals surface area contributed by atoms with Crippen molar-refractivity contribution in [3.63, 3.8) is 0 Å². The van der Waals surface area contributed by atoms with E-state index in [1.807, 2.05) is 12.1 Å². The molecule has 2 unspecified atom stereocenters. The lowest BCUT2D eigenvalue weighted by Gasteiger charge is -2.26. The Kier molecular flexibility index (Phi) is 3.88. The molecule has 8 aromatic rings. The molecule has 10 rings (SSSR count). The van der Waals surface area contributed by atoms with Crippen molar-refractivity contribution in [1.82, 2.24) is 4.57 Å². The van der Waals surface area contributed by atoms with Crippen LogP contribution in [0, 0.1) is 0 Å². The number of furan rings is 1. The molecule has 4 heteroatoms. The Morgan fingerprint density at radius 3 is 2.12 bits per heavy atom. The third-order valence-electron chi connectivity index (χ3n) is 9.23. The quantitative estimate of drug-likeness (QED) is 0.224. The summed E-state index contributed by atoms with van der Waals surface area (Å²) in [6, 6.07) is 42.4. The Balaban J connectivity index is 1.22. The Labute approximate surface area is 229 Å². The SMILES string of the molecule is c1ccc2cc3c(cc2c1)[NH2+]C1c2cc(-c4ccc5oc6ccccc6c5c4)cc4c5ccccc5n(c24)C1[NH2+]3. The van der Waals surface area contributed by atoms with E-state index in [0.29, 0.717) is 6.04 Å². The summed E-state index contributed by atoms with van der Waals surface area (Å²) in [6.45, 7) is 0. The molecule has 0 saturated heterocycles. The summed E-state index contributed by atoms with van der Waals surface area (Å²) in [5.41, 5.74) is 11.1. The Morgan fingerprint density at radius 1 is 0.550 bits per heavy atom. The number of para-hydroxylation sites is 2. The maximum absolute atomic E-state index is 6.13. The van der Waals surface area contributed by atoms with Gasteiger partial charge in [0.05, 0.1) is 11.0 Å². The molecule has 0 fully saturated rings. The van der Waals surface area contributed by atoms with Crippen LogP contribution in [0.15, 0.2) is 120 Å². The third kappa shape index (κ3) is 2.67. The van der Waals surface area contributed by atoms with Crippen LogP contribution in [0.4, 0.5) is 11.4 Å². The first-order valence-corrected chi connectivity index (χ1v) is 14.0. The van der Waals surface area contributed by atoms with Gasteiger partial charge in [-0.2, -0.15) is 0 Å².